The fourth-order valence-corrected chi connectivity index (χ4v) is 5.53. The number of esters is 1. The number of hydrogen-bond donors (Lipinski definition) is 2. The van der Waals surface area contributed by atoms with Crippen molar-refractivity contribution in [1.29, 1.82) is 0 Å². The normalized spacial score (nSPS) is 17.8. The third-order valence-electron chi connectivity index (χ3n) is 7.65. The maximum atomic E-state index is 13.1. The van der Waals surface area contributed by atoms with Crippen LogP contribution in [0.3, 0.4) is 0 Å². The Balaban J connectivity index is 1.40. The SMILES string of the molecule is CCOC(=O)c1cncc(-c2ccc(CNC(=O)[C@H]3C[C@@H]3c3ccccc3)c3c2CCN(C(=O)NC(C)(C)C)C3)c1. The van der Waals surface area contributed by atoms with Crippen molar-refractivity contribution in [1.82, 2.24) is 20.5 Å². The van der Waals surface area contributed by atoms with Gasteiger partial charge in [0, 0.05) is 49.0 Å². The monoisotopic (exact) mass is 554 g/mol. The maximum absolute atomic E-state index is 13.1. The van der Waals surface area contributed by atoms with Gasteiger partial charge in [0.1, 0.15) is 0 Å². The summed E-state index contributed by atoms with van der Waals surface area (Å²) in [6, 6.07) is 15.9. The zero-order valence-electron chi connectivity index (χ0n) is 24.2. The Morgan fingerprint density at radius 1 is 1.05 bits per heavy atom. The summed E-state index contributed by atoms with van der Waals surface area (Å²) < 4.78 is 5.17. The average molecular weight is 555 g/mol. The van der Waals surface area contributed by atoms with Crippen LogP contribution in [0.15, 0.2) is 60.9 Å². The summed E-state index contributed by atoms with van der Waals surface area (Å²) >= 11 is 0. The Labute approximate surface area is 241 Å². The number of fused-ring (bicyclic) bond motifs is 1. The fraction of sp³-hybridized carbons (Fsp3) is 0.394. The van der Waals surface area contributed by atoms with E-state index in [1.54, 1.807) is 19.2 Å². The van der Waals surface area contributed by atoms with Crippen LogP contribution in [0.25, 0.3) is 11.1 Å². The summed E-state index contributed by atoms with van der Waals surface area (Å²) in [5, 5.41) is 6.23. The number of urea groups is 1. The second-order valence-electron chi connectivity index (χ2n) is 11.8. The topological polar surface area (TPSA) is 101 Å². The van der Waals surface area contributed by atoms with E-state index >= 15 is 0 Å². The van der Waals surface area contributed by atoms with Crippen LogP contribution in [0.1, 0.15) is 72.6 Å². The summed E-state index contributed by atoms with van der Waals surface area (Å²) in [6.45, 7) is 9.33. The van der Waals surface area contributed by atoms with Crippen molar-refractivity contribution < 1.29 is 19.1 Å². The molecule has 1 saturated carbocycles. The second-order valence-corrected chi connectivity index (χ2v) is 11.8. The molecule has 1 fully saturated rings. The molecule has 5 rings (SSSR count). The zero-order chi connectivity index (χ0) is 29.1. The molecule has 2 heterocycles. The number of carbonyl (C=O) groups is 3. The van der Waals surface area contributed by atoms with Gasteiger partial charge in [-0.2, -0.15) is 0 Å². The Morgan fingerprint density at radius 3 is 2.56 bits per heavy atom. The first kappa shape index (κ1) is 28.3. The Hall–Kier alpha value is -4.20. The standard InChI is InChI=1S/C33H38N4O4/c1-5-41-31(39)24-15-23(17-34-18-24)25-12-11-22(19-35-30(38)28-16-27(28)21-9-7-6-8-10-21)29-20-37(14-13-26(25)29)32(40)36-33(2,3)4/h6-12,15,17-18,27-28H,5,13-14,16,19-20H2,1-4H3,(H,35,38)(H,36,40)/t27-,28+/m1/s1. The number of amides is 3. The number of nitrogens with one attached hydrogen (secondary N) is 2. The summed E-state index contributed by atoms with van der Waals surface area (Å²) in [5.74, 6) is -0.100. The van der Waals surface area contributed by atoms with Gasteiger partial charge in [-0.15, -0.1) is 0 Å². The molecule has 41 heavy (non-hydrogen) atoms. The Kier molecular flexibility index (Phi) is 8.10. The van der Waals surface area contributed by atoms with Crippen molar-refractivity contribution in [3.8, 4) is 11.1 Å². The van der Waals surface area contributed by atoms with Gasteiger partial charge in [-0.3, -0.25) is 9.78 Å². The first-order valence-electron chi connectivity index (χ1n) is 14.3. The quantitative estimate of drug-likeness (QED) is 0.391. The number of pyridine rings is 1. The van der Waals surface area contributed by atoms with Crippen LogP contribution in [0.2, 0.25) is 0 Å². The fourth-order valence-electron chi connectivity index (χ4n) is 5.53. The first-order valence-corrected chi connectivity index (χ1v) is 14.3. The zero-order valence-corrected chi connectivity index (χ0v) is 24.2. The lowest BCUT2D eigenvalue weighted by Gasteiger charge is -2.34. The molecule has 8 nitrogen and oxygen atoms in total. The lowest BCUT2D eigenvalue weighted by molar-refractivity contribution is -0.122. The van der Waals surface area contributed by atoms with Gasteiger partial charge in [-0.25, -0.2) is 9.59 Å². The van der Waals surface area contributed by atoms with Crippen molar-refractivity contribution >= 4 is 17.9 Å². The molecule has 0 unspecified atom stereocenters. The highest BCUT2D eigenvalue weighted by atomic mass is 16.5. The third-order valence-corrected chi connectivity index (χ3v) is 7.65. The summed E-state index contributed by atoms with van der Waals surface area (Å²) in [4.78, 5) is 44.7. The molecule has 0 radical (unpaired) electrons. The first-order chi connectivity index (χ1) is 19.6. The lowest BCUT2D eigenvalue weighted by Crippen LogP contribution is -2.50. The van der Waals surface area contributed by atoms with Crippen molar-refractivity contribution in [2.24, 2.45) is 5.92 Å². The second kappa shape index (κ2) is 11.7. The smallest absolute Gasteiger partial charge is 0.339 e. The molecule has 1 aliphatic heterocycles. The van der Waals surface area contributed by atoms with Gasteiger partial charge in [-0.05, 0) is 80.3 Å². The summed E-state index contributed by atoms with van der Waals surface area (Å²) in [6.07, 6.45) is 4.76. The molecule has 2 N–H and O–H groups in total. The number of benzene rings is 2. The minimum Gasteiger partial charge on any atom is -0.462 e. The predicted molar refractivity (Wildman–Crippen MR) is 157 cm³/mol. The molecular formula is C33H38N4O4. The van der Waals surface area contributed by atoms with E-state index in [2.05, 4.69) is 27.8 Å². The van der Waals surface area contributed by atoms with Crippen LogP contribution in [0.4, 0.5) is 4.79 Å². The Bertz CT molecular complexity index is 1450. The van der Waals surface area contributed by atoms with Crippen LogP contribution in [0.5, 0.6) is 0 Å². The molecule has 3 aromatic rings. The molecule has 1 aromatic heterocycles. The highest BCUT2D eigenvalue weighted by Gasteiger charge is 2.43. The van der Waals surface area contributed by atoms with Gasteiger partial charge in [0.2, 0.25) is 5.91 Å². The minimum absolute atomic E-state index is 0.0155. The largest absolute Gasteiger partial charge is 0.462 e. The van der Waals surface area contributed by atoms with Crippen molar-refractivity contribution in [3.63, 3.8) is 0 Å². The Morgan fingerprint density at radius 2 is 1.83 bits per heavy atom. The van der Waals surface area contributed by atoms with Crippen molar-refractivity contribution in [2.75, 3.05) is 13.2 Å². The van der Waals surface area contributed by atoms with Gasteiger partial charge in [-0.1, -0.05) is 42.5 Å². The maximum Gasteiger partial charge on any atom is 0.339 e. The molecule has 0 bridgehead atoms. The van der Waals surface area contributed by atoms with Crippen LogP contribution in [-0.2, 0) is 29.0 Å². The highest BCUT2D eigenvalue weighted by Crippen LogP contribution is 2.47. The highest BCUT2D eigenvalue weighted by molar-refractivity contribution is 5.91. The molecule has 2 atom stereocenters. The van der Waals surface area contributed by atoms with E-state index < -0.39 is 5.97 Å². The van der Waals surface area contributed by atoms with Gasteiger partial charge >= 0.3 is 12.0 Å². The van der Waals surface area contributed by atoms with Crippen LogP contribution >= 0.6 is 0 Å². The summed E-state index contributed by atoms with van der Waals surface area (Å²) in [5.41, 5.74) is 6.14. The molecule has 2 aliphatic rings. The summed E-state index contributed by atoms with van der Waals surface area (Å²) in [7, 11) is 0. The number of nitrogens with zero attached hydrogens (tertiary/aromatic N) is 2. The van der Waals surface area contributed by atoms with E-state index in [9.17, 15) is 14.4 Å². The minimum atomic E-state index is -0.408. The van der Waals surface area contributed by atoms with E-state index in [0.29, 0.717) is 31.6 Å². The number of hydrogen-bond acceptors (Lipinski definition) is 5. The van der Waals surface area contributed by atoms with E-state index in [-0.39, 0.29) is 35.9 Å². The van der Waals surface area contributed by atoms with Crippen LogP contribution < -0.4 is 10.6 Å². The van der Waals surface area contributed by atoms with Gasteiger partial charge in [0.05, 0.1) is 12.2 Å². The molecule has 0 spiro atoms. The molecule has 2 aromatic carbocycles. The van der Waals surface area contributed by atoms with Gasteiger partial charge in [0.15, 0.2) is 0 Å². The molecular weight excluding hydrogens is 516 g/mol. The number of carbonyl (C=O) groups excluding carboxylic acids is 3. The van der Waals surface area contributed by atoms with Crippen molar-refractivity contribution in [3.05, 3.63) is 88.7 Å². The third kappa shape index (κ3) is 6.59. The van der Waals surface area contributed by atoms with Crippen molar-refractivity contribution in [2.45, 2.75) is 65.1 Å². The average Bonchev–Trinajstić information content (AvgIpc) is 3.76. The molecule has 3 amide bonds. The lowest BCUT2D eigenvalue weighted by atomic mass is 9.87. The molecule has 1 aliphatic carbocycles. The van der Waals surface area contributed by atoms with E-state index in [1.165, 1.54) is 11.8 Å². The number of ether oxygens (including phenoxy) is 1. The van der Waals surface area contributed by atoms with Crippen LogP contribution in [-0.4, -0.2) is 46.5 Å². The van der Waals surface area contributed by atoms with Crippen LogP contribution in [0, 0.1) is 5.92 Å². The molecule has 0 saturated heterocycles. The molecule has 214 valence electrons. The van der Waals surface area contributed by atoms with E-state index in [4.69, 9.17) is 4.74 Å². The number of aromatic nitrogens is 1. The van der Waals surface area contributed by atoms with Gasteiger partial charge in [0.25, 0.3) is 0 Å². The molecule has 8 heteroatoms. The number of rotatable bonds is 7. The van der Waals surface area contributed by atoms with E-state index in [1.807, 2.05) is 56.0 Å². The van der Waals surface area contributed by atoms with E-state index in [0.717, 1.165) is 34.2 Å². The predicted octanol–water partition coefficient (Wildman–Crippen LogP) is 5.21. The van der Waals surface area contributed by atoms with Gasteiger partial charge < -0.3 is 20.3 Å².